The molecule has 0 aliphatic carbocycles. The van der Waals surface area contributed by atoms with E-state index < -0.39 is 0 Å². The van der Waals surface area contributed by atoms with Crippen LogP contribution in [0.15, 0.2) is 12.1 Å². The highest BCUT2D eigenvalue weighted by molar-refractivity contribution is 6.34. The molecule has 98 valence electrons. The molecule has 0 N–H and O–H groups in total. The van der Waals surface area contributed by atoms with Crippen molar-refractivity contribution < 1.29 is 13.9 Å². The van der Waals surface area contributed by atoms with Crippen molar-refractivity contribution in [3.05, 3.63) is 34.1 Å². The lowest BCUT2D eigenvalue weighted by atomic mass is 9.90. The van der Waals surface area contributed by atoms with Crippen molar-refractivity contribution in [1.82, 2.24) is 0 Å². The maximum atomic E-state index is 13.3. The van der Waals surface area contributed by atoms with Crippen LogP contribution in [0.25, 0.3) is 0 Å². The van der Waals surface area contributed by atoms with Crippen molar-refractivity contribution >= 4 is 17.4 Å². The van der Waals surface area contributed by atoms with Crippen LogP contribution in [0.4, 0.5) is 4.39 Å². The highest BCUT2D eigenvalue weighted by Crippen LogP contribution is 2.30. The van der Waals surface area contributed by atoms with Crippen molar-refractivity contribution in [3.63, 3.8) is 0 Å². The van der Waals surface area contributed by atoms with Gasteiger partial charge in [-0.2, -0.15) is 0 Å². The summed E-state index contributed by atoms with van der Waals surface area (Å²) >= 11 is 5.96. The van der Waals surface area contributed by atoms with Crippen molar-refractivity contribution in [2.24, 2.45) is 5.92 Å². The van der Waals surface area contributed by atoms with E-state index in [9.17, 15) is 9.18 Å². The van der Waals surface area contributed by atoms with Crippen molar-refractivity contribution in [1.29, 1.82) is 0 Å². The number of hydrogen-bond acceptors (Lipinski definition) is 2. The molecule has 1 aromatic rings. The molecule has 1 saturated heterocycles. The zero-order valence-electron chi connectivity index (χ0n) is 10.5. The molecule has 0 radical (unpaired) electrons. The fraction of sp³-hybridized carbons (Fsp3) is 0.500. The van der Waals surface area contributed by atoms with E-state index in [2.05, 4.69) is 0 Å². The molecular formula is C14H16ClFO2. The zero-order valence-corrected chi connectivity index (χ0v) is 11.3. The van der Waals surface area contributed by atoms with Gasteiger partial charge in [-0.15, -0.1) is 0 Å². The topological polar surface area (TPSA) is 26.3 Å². The molecule has 1 aliphatic heterocycles. The lowest BCUT2D eigenvalue weighted by molar-refractivity contribution is 0.0689. The Morgan fingerprint density at radius 3 is 2.94 bits per heavy atom. The Bertz CT molecular complexity index is 473. The van der Waals surface area contributed by atoms with E-state index in [0.717, 1.165) is 6.42 Å². The predicted molar refractivity (Wildman–Crippen MR) is 68.6 cm³/mol. The molecule has 2 unspecified atom stereocenters. The monoisotopic (exact) mass is 270 g/mol. The van der Waals surface area contributed by atoms with E-state index in [-0.39, 0.29) is 28.6 Å². The number of carbonyl (C=O) groups excluding carboxylic acids is 1. The molecule has 18 heavy (non-hydrogen) atoms. The summed E-state index contributed by atoms with van der Waals surface area (Å²) in [5.41, 5.74) is 0.847. The number of Topliss-reactive ketones (excluding diaryl/α,β-unsaturated/α-hetero) is 1. The number of hydrogen-bond donors (Lipinski definition) is 0. The molecule has 2 nitrogen and oxygen atoms in total. The van der Waals surface area contributed by atoms with E-state index in [1.165, 1.54) is 12.1 Å². The van der Waals surface area contributed by atoms with Gasteiger partial charge in [0.1, 0.15) is 5.82 Å². The Balaban J connectivity index is 2.31. The first kappa shape index (κ1) is 13.5. The van der Waals surface area contributed by atoms with Crippen LogP contribution in [0.5, 0.6) is 0 Å². The molecule has 0 bridgehead atoms. The number of ether oxygens (including phenoxy) is 1. The third-order valence-electron chi connectivity index (χ3n) is 3.46. The molecule has 2 atom stereocenters. The van der Waals surface area contributed by atoms with Crippen molar-refractivity contribution in [2.45, 2.75) is 32.8 Å². The maximum Gasteiger partial charge on any atom is 0.170 e. The second-order valence-corrected chi connectivity index (χ2v) is 5.07. The molecule has 2 rings (SSSR count). The van der Waals surface area contributed by atoms with Gasteiger partial charge in [-0.1, -0.05) is 18.5 Å². The maximum absolute atomic E-state index is 13.3. The van der Waals surface area contributed by atoms with Crippen LogP contribution < -0.4 is 0 Å². The minimum absolute atomic E-state index is 0.0348. The van der Waals surface area contributed by atoms with Crippen molar-refractivity contribution in [3.8, 4) is 0 Å². The zero-order chi connectivity index (χ0) is 13.3. The Morgan fingerprint density at radius 1 is 1.56 bits per heavy atom. The van der Waals surface area contributed by atoms with E-state index in [0.29, 0.717) is 24.2 Å². The summed E-state index contributed by atoms with van der Waals surface area (Å²) in [6.07, 6.45) is 1.47. The minimum atomic E-state index is -0.383. The van der Waals surface area contributed by atoms with E-state index in [1.807, 2.05) is 6.92 Å². The highest BCUT2D eigenvalue weighted by Gasteiger charge is 2.34. The van der Waals surface area contributed by atoms with Gasteiger partial charge in [-0.25, -0.2) is 4.39 Å². The Hall–Kier alpha value is -0.930. The van der Waals surface area contributed by atoms with Crippen molar-refractivity contribution in [2.75, 3.05) is 6.61 Å². The standard InChI is InChI=1S/C14H16ClFO2/c1-3-13-9(4-5-18-13)14(17)10-6-8(2)12(16)7-11(10)15/h6-7,9,13H,3-5H2,1-2H3. The van der Waals surface area contributed by atoms with Crippen LogP contribution in [0, 0.1) is 18.7 Å². The molecule has 1 aromatic carbocycles. The number of carbonyl (C=O) groups is 1. The highest BCUT2D eigenvalue weighted by atomic mass is 35.5. The number of ketones is 1. The summed E-state index contributed by atoms with van der Waals surface area (Å²) in [4.78, 5) is 12.4. The Labute approximate surface area is 111 Å². The predicted octanol–water partition coefficient (Wildman–Crippen LogP) is 3.79. The summed E-state index contributed by atoms with van der Waals surface area (Å²) < 4.78 is 18.8. The van der Waals surface area contributed by atoms with Gasteiger partial charge in [0.2, 0.25) is 0 Å². The number of aryl methyl sites for hydroxylation is 1. The van der Waals surface area contributed by atoms with Gasteiger partial charge < -0.3 is 4.74 Å². The summed E-state index contributed by atoms with van der Waals surface area (Å²) in [6.45, 7) is 4.23. The first-order chi connectivity index (χ1) is 8.54. The first-order valence-corrected chi connectivity index (χ1v) is 6.53. The first-order valence-electron chi connectivity index (χ1n) is 6.16. The molecule has 4 heteroatoms. The Morgan fingerprint density at radius 2 is 2.28 bits per heavy atom. The van der Waals surface area contributed by atoms with Gasteiger partial charge in [0.05, 0.1) is 17.0 Å². The third kappa shape index (κ3) is 2.43. The lowest BCUT2D eigenvalue weighted by Gasteiger charge is -2.16. The summed E-state index contributed by atoms with van der Waals surface area (Å²) in [5.74, 6) is -0.573. The number of benzene rings is 1. The molecule has 0 spiro atoms. The molecule has 0 amide bonds. The average molecular weight is 271 g/mol. The summed E-state index contributed by atoms with van der Waals surface area (Å²) in [6, 6.07) is 2.74. The van der Waals surface area contributed by atoms with Crippen LogP contribution in [-0.2, 0) is 4.74 Å². The summed E-state index contributed by atoms with van der Waals surface area (Å²) in [5, 5.41) is 0.185. The van der Waals surface area contributed by atoms with Gasteiger partial charge in [-0.3, -0.25) is 4.79 Å². The van der Waals surface area contributed by atoms with Crippen LogP contribution in [0.1, 0.15) is 35.7 Å². The van der Waals surface area contributed by atoms with Gasteiger partial charge >= 0.3 is 0 Å². The fourth-order valence-corrected chi connectivity index (χ4v) is 2.64. The third-order valence-corrected chi connectivity index (χ3v) is 3.78. The lowest BCUT2D eigenvalue weighted by Crippen LogP contribution is -2.24. The normalized spacial score (nSPS) is 23.3. The van der Waals surface area contributed by atoms with Crippen LogP contribution in [0.3, 0.4) is 0 Å². The average Bonchev–Trinajstić information content (AvgIpc) is 2.81. The van der Waals surface area contributed by atoms with Gasteiger partial charge in [0, 0.05) is 12.2 Å². The SMILES string of the molecule is CCC1OCCC1C(=O)c1cc(C)c(F)cc1Cl. The summed E-state index contributed by atoms with van der Waals surface area (Å²) in [7, 11) is 0. The van der Waals surface area contributed by atoms with E-state index in [1.54, 1.807) is 6.92 Å². The number of halogens is 2. The quantitative estimate of drug-likeness (QED) is 0.781. The number of rotatable bonds is 3. The van der Waals surface area contributed by atoms with Gasteiger partial charge in [-0.05, 0) is 37.5 Å². The molecule has 1 fully saturated rings. The Kier molecular flexibility index (Phi) is 4.03. The van der Waals surface area contributed by atoms with Crippen LogP contribution in [-0.4, -0.2) is 18.5 Å². The molecule has 0 saturated carbocycles. The molecule has 1 heterocycles. The van der Waals surface area contributed by atoms with E-state index in [4.69, 9.17) is 16.3 Å². The molecular weight excluding hydrogens is 255 g/mol. The van der Waals surface area contributed by atoms with Crippen LogP contribution in [0.2, 0.25) is 5.02 Å². The second-order valence-electron chi connectivity index (χ2n) is 4.66. The molecule has 1 aliphatic rings. The fourth-order valence-electron chi connectivity index (χ4n) is 2.40. The van der Waals surface area contributed by atoms with E-state index >= 15 is 0 Å². The van der Waals surface area contributed by atoms with Gasteiger partial charge in [0.25, 0.3) is 0 Å². The molecule has 0 aromatic heterocycles. The second kappa shape index (κ2) is 5.37. The minimum Gasteiger partial charge on any atom is -0.377 e. The van der Waals surface area contributed by atoms with Gasteiger partial charge in [0.15, 0.2) is 5.78 Å². The van der Waals surface area contributed by atoms with Crippen LogP contribution >= 0.6 is 11.6 Å². The smallest absolute Gasteiger partial charge is 0.170 e. The largest absolute Gasteiger partial charge is 0.377 e.